The van der Waals surface area contributed by atoms with Crippen molar-refractivity contribution in [2.75, 3.05) is 7.11 Å². The van der Waals surface area contributed by atoms with Crippen LogP contribution in [0.2, 0.25) is 0 Å². The summed E-state index contributed by atoms with van der Waals surface area (Å²) in [4.78, 5) is 11.4. The van der Waals surface area contributed by atoms with E-state index in [9.17, 15) is 17.7 Å². The maximum absolute atomic E-state index is 12.6. The molecular weight excluding hydrogens is 287 g/mol. The van der Waals surface area contributed by atoms with Gasteiger partial charge < -0.3 is 22.4 Å². The Morgan fingerprint density at radius 1 is 1.26 bits per heavy atom. The first-order chi connectivity index (χ1) is 8.25. The van der Waals surface area contributed by atoms with E-state index >= 15 is 0 Å². The van der Waals surface area contributed by atoms with Crippen LogP contribution in [0.15, 0.2) is 18.2 Å². The summed E-state index contributed by atoms with van der Waals surface area (Å²) in [6, 6.07) is 2.78. The Kier molecular flexibility index (Phi) is 7.67. The van der Waals surface area contributed by atoms with Crippen molar-refractivity contribution < 1.29 is 78.6 Å². The van der Waals surface area contributed by atoms with E-state index in [1.54, 1.807) is 13.8 Å². The molecule has 0 amide bonds. The third kappa shape index (κ3) is 5.47. The Labute approximate surface area is 152 Å². The maximum atomic E-state index is 12.6. The number of hydrogen-bond donors (Lipinski definition) is 0. The Morgan fingerprint density at radius 2 is 1.84 bits per heavy atom. The molecule has 0 saturated heterocycles. The van der Waals surface area contributed by atoms with E-state index in [4.69, 9.17) is 4.74 Å². The number of halogens is 3. The number of hydrogen-bond acceptors (Lipinski definition) is 3. The number of benzene rings is 1. The van der Waals surface area contributed by atoms with Gasteiger partial charge in [-0.1, -0.05) is 12.1 Å². The van der Waals surface area contributed by atoms with Crippen LogP contribution in [0.3, 0.4) is 0 Å². The molecule has 0 aromatic heterocycles. The molecule has 0 heterocycles. The Balaban J connectivity index is 0.00000324. The minimum Gasteiger partial charge on any atom is -0.490 e. The van der Waals surface area contributed by atoms with Gasteiger partial charge in [0.25, 0.3) is 0 Å². The summed E-state index contributed by atoms with van der Waals surface area (Å²) >= 11 is 0. The molecule has 0 aliphatic heterocycles. The zero-order chi connectivity index (χ0) is 13.9. The summed E-state index contributed by atoms with van der Waals surface area (Å²) in [5.74, 6) is -0.770. The van der Waals surface area contributed by atoms with Crippen molar-refractivity contribution >= 4 is 18.4 Å². The van der Waals surface area contributed by atoms with Crippen molar-refractivity contribution in [2.24, 2.45) is 0 Å². The van der Waals surface area contributed by atoms with Crippen LogP contribution in [0.1, 0.15) is 24.2 Å². The third-order valence-corrected chi connectivity index (χ3v) is 2.15. The predicted octanol–water partition coefficient (Wildman–Crippen LogP) is -0.681. The molecule has 8 heteroatoms. The Hall–Kier alpha value is -0.0187. The second kappa shape index (κ2) is 7.68. The van der Waals surface area contributed by atoms with Gasteiger partial charge in [0.1, 0.15) is 5.75 Å². The molecule has 1 aromatic rings. The number of carbonyl (C=O) groups excluding carboxylic acids is 1. The first-order valence-electron chi connectivity index (χ1n) is 5.34. The smallest absolute Gasteiger partial charge is 0.490 e. The molecular formula is C11H13BF3KO3. The summed E-state index contributed by atoms with van der Waals surface area (Å²) in [6.45, 7) is -1.74. The van der Waals surface area contributed by atoms with E-state index in [-0.39, 0.29) is 68.8 Å². The van der Waals surface area contributed by atoms with Gasteiger partial charge in [-0.2, -0.15) is 0 Å². The Morgan fingerprint density at radius 3 is 2.26 bits per heavy atom. The summed E-state index contributed by atoms with van der Waals surface area (Å²) < 4.78 is 47.5. The number of esters is 1. The average Bonchev–Trinajstić information content (AvgIpc) is 2.26. The molecule has 0 bridgehead atoms. The molecule has 0 N–H and O–H groups in total. The molecule has 0 aliphatic carbocycles. The van der Waals surface area contributed by atoms with Gasteiger partial charge in [-0.25, -0.2) is 4.79 Å². The van der Waals surface area contributed by atoms with Crippen LogP contribution in [0.25, 0.3) is 0 Å². The SMILES string of the molecule is COC(=O)c1cc([B-](F)(F)F)ccc1OC(C)C.[K+]. The largest absolute Gasteiger partial charge is 1.00 e. The predicted molar refractivity (Wildman–Crippen MR) is 62.3 cm³/mol. The van der Waals surface area contributed by atoms with E-state index in [2.05, 4.69) is 4.74 Å². The Bertz CT molecular complexity index is 449. The van der Waals surface area contributed by atoms with E-state index < -0.39 is 18.4 Å². The minimum atomic E-state index is -5.16. The quantitative estimate of drug-likeness (QED) is 0.546. The molecule has 1 aromatic carbocycles. The molecule has 0 radical (unpaired) electrons. The molecule has 0 unspecified atom stereocenters. The fourth-order valence-corrected chi connectivity index (χ4v) is 1.38. The zero-order valence-electron chi connectivity index (χ0n) is 11.2. The van der Waals surface area contributed by atoms with Crippen LogP contribution in [-0.4, -0.2) is 26.2 Å². The summed E-state index contributed by atoms with van der Waals surface area (Å²) in [6.07, 6.45) is -0.254. The fraction of sp³-hybridized carbons (Fsp3) is 0.364. The van der Waals surface area contributed by atoms with Gasteiger partial charge in [0.15, 0.2) is 0 Å². The molecule has 19 heavy (non-hydrogen) atoms. The van der Waals surface area contributed by atoms with Gasteiger partial charge in [0.2, 0.25) is 0 Å². The van der Waals surface area contributed by atoms with Crippen molar-refractivity contribution in [3.63, 3.8) is 0 Å². The van der Waals surface area contributed by atoms with Crippen LogP contribution in [-0.2, 0) is 4.74 Å². The number of ether oxygens (including phenoxy) is 2. The van der Waals surface area contributed by atoms with E-state index in [1.165, 1.54) is 0 Å². The van der Waals surface area contributed by atoms with Gasteiger partial charge >= 0.3 is 64.3 Å². The van der Waals surface area contributed by atoms with Crippen LogP contribution in [0, 0.1) is 0 Å². The van der Waals surface area contributed by atoms with Crippen LogP contribution < -0.4 is 61.6 Å². The van der Waals surface area contributed by atoms with E-state index in [0.29, 0.717) is 0 Å². The van der Waals surface area contributed by atoms with Gasteiger partial charge in [0, 0.05) is 0 Å². The molecule has 0 fully saturated rings. The van der Waals surface area contributed by atoms with Gasteiger partial charge in [-0.3, -0.25) is 0 Å². The van der Waals surface area contributed by atoms with E-state index in [1.807, 2.05) is 0 Å². The third-order valence-electron chi connectivity index (χ3n) is 2.15. The van der Waals surface area contributed by atoms with Crippen molar-refractivity contribution in [1.82, 2.24) is 0 Å². The van der Waals surface area contributed by atoms with Gasteiger partial charge in [-0.05, 0) is 19.9 Å². The number of methoxy groups -OCH3 is 1. The molecule has 0 atom stereocenters. The normalized spacial score (nSPS) is 10.9. The van der Waals surface area contributed by atoms with Crippen LogP contribution in [0.5, 0.6) is 5.75 Å². The monoisotopic (exact) mass is 300 g/mol. The first-order valence-corrected chi connectivity index (χ1v) is 5.34. The van der Waals surface area contributed by atoms with Crippen molar-refractivity contribution in [3.05, 3.63) is 23.8 Å². The summed E-state index contributed by atoms with van der Waals surface area (Å²) in [5, 5.41) is 0. The van der Waals surface area contributed by atoms with E-state index in [0.717, 1.165) is 25.3 Å². The standard InChI is InChI=1S/C11H13BF3O3.K/c1-7(2)18-10-5-4-8(12(13,14)15)6-9(10)11(16)17-3;/h4-7H,1-3H3;/q-1;+1. The molecule has 3 nitrogen and oxygen atoms in total. The summed E-state index contributed by atoms with van der Waals surface area (Å²) in [7, 11) is 1.10. The molecule has 0 saturated carbocycles. The summed E-state index contributed by atoms with van der Waals surface area (Å²) in [5.41, 5.74) is -1.07. The van der Waals surface area contributed by atoms with Crippen LogP contribution in [0.4, 0.5) is 12.9 Å². The number of carbonyl (C=O) groups is 1. The minimum absolute atomic E-state index is 0. The van der Waals surface area contributed by atoms with Crippen molar-refractivity contribution in [3.8, 4) is 5.75 Å². The second-order valence-electron chi connectivity index (χ2n) is 3.99. The van der Waals surface area contributed by atoms with Crippen molar-refractivity contribution in [1.29, 1.82) is 0 Å². The number of rotatable bonds is 4. The molecule has 0 aliphatic rings. The first kappa shape index (κ1) is 19.0. The zero-order valence-corrected chi connectivity index (χ0v) is 14.4. The van der Waals surface area contributed by atoms with Crippen LogP contribution >= 0.6 is 0 Å². The maximum Gasteiger partial charge on any atom is 1.00 e. The molecule has 100 valence electrons. The topological polar surface area (TPSA) is 35.5 Å². The molecule has 0 spiro atoms. The second-order valence-corrected chi connectivity index (χ2v) is 3.99. The fourth-order valence-electron chi connectivity index (χ4n) is 1.38. The molecule has 1 rings (SSSR count). The average molecular weight is 300 g/mol. The van der Waals surface area contributed by atoms with Gasteiger partial charge in [0.05, 0.1) is 18.8 Å². The van der Waals surface area contributed by atoms with Crippen molar-refractivity contribution in [2.45, 2.75) is 20.0 Å². The van der Waals surface area contributed by atoms with Gasteiger partial charge in [-0.15, -0.1) is 5.46 Å².